The van der Waals surface area contributed by atoms with Gasteiger partial charge in [-0.15, -0.1) is 0 Å². The average molecular weight is 248 g/mol. The first kappa shape index (κ1) is 12.9. The molecule has 4 heteroatoms. The molecule has 0 aromatic heterocycles. The minimum absolute atomic E-state index is 0.0106. The molecule has 18 heavy (non-hydrogen) atoms. The number of hydrogen-bond donors (Lipinski definition) is 1. The van der Waals surface area contributed by atoms with Gasteiger partial charge in [0, 0.05) is 32.0 Å². The highest BCUT2D eigenvalue weighted by molar-refractivity contribution is 5.94. The van der Waals surface area contributed by atoms with E-state index in [-0.39, 0.29) is 12.1 Å². The van der Waals surface area contributed by atoms with E-state index in [4.69, 9.17) is 4.74 Å². The Morgan fingerprint density at radius 3 is 3.06 bits per heavy atom. The molecule has 0 bridgehead atoms. The highest BCUT2D eigenvalue weighted by Gasteiger charge is 2.30. The molecule has 1 aromatic carbocycles. The maximum Gasteiger partial charge on any atom is 0.322 e. The normalized spacial score (nSPS) is 17.7. The van der Waals surface area contributed by atoms with Gasteiger partial charge >= 0.3 is 6.03 Å². The van der Waals surface area contributed by atoms with Gasteiger partial charge in [0.2, 0.25) is 0 Å². The molecule has 1 aliphatic rings. The van der Waals surface area contributed by atoms with E-state index in [0.29, 0.717) is 13.2 Å². The van der Waals surface area contributed by atoms with Gasteiger partial charge in [0.25, 0.3) is 0 Å². The Morgan fingerprint density at radius 2 is 2.28 bits per heavy atom. The van der Waals surface area contributed by atoms with Gasteiger partial charge in [-0.1, -0.05) is 18.2 Å². The first-order valence-electron chi connectivity index (χ1n) is 6.38. The highest BCUT2D eigenvalue weighted by Crippen LogP contribution is 2.31. The van der Waals surface area contributed by atoms with E-state index in [2.05, 4.69) is 18.3 Å². The van der Waals surface area contributed by atoms with E-state index < -0.39 is 0 Å². The molecule has 1 atom stereocenters. The van der Waals surface area contributed by atoms with Gasteiger partial charge in [0.05, 0.1) is 0 Å². The number of urea groups is 1. The third kappa shape index (κ3) is 2.64. The summed E-state index contributed by atoms with van der Waals surface area (Å²) in [5, 5.41) is 2.94. The van der Waals surface area contributed by atoms with Gasteiger partial charge in [-0.2, -0.15) is 0 Å². The number of carbonyl (C=O) groups excluding carboxylic acids is 1. The molecule has 0 saturated heterocycles. The van der Waals surface area contributed by atoms with Crippen molar-refractivity contribution in [3.63, 3.8) is 0 Å². The van der Waals surface area contributed by atoms with Crippen LogP contribution in [-0.2, 0) is 11.2 Å². The van der Waals surface area contributed by atoms with Crippen LogP contribution < -0.4 is 10.2 Å². The van der Waals surface area contributed by atoms with Crippen LogP contribution in [0.25, 0.3) is 0 Å². The summed E-state index contributed by atoms with van der Waals surface area (Å²) in [5.74, 6) is 0. The van der Waals surface area contributed by atoms with Gasteiger partial charge in [-0.05, 0) is 31.4 Å². The Kier molecular flexibility index (Phi) is 4.20. The first-order chi connectivity index (χ1) is 8.74. The monoisotopic (exact) mass is 248 g/mol. The van der Waals surface area contributed by atoms with Crippen LogP contribution in [0.15, 0.2) is 24.3 Å². The molecule has 0 saturated carbocycles. The molecule has 1 heterocycles. The molecule has 1 aliphatic heterocycles. The Labute approximate surface area is 108 Å². The number of anilines is 1. The molecule has 4 nitrogen and oxygen atoms in total. The van der Waals surface area contributed by atoms with Crippen molar-refractivity contribution in [2.75, 3.05) is 25.2 Å². The number of hydrogen-bond acceptors (Lipinski definition) is 2. The van der Waals surface area contributed by atoms with E-state index in [9.17, 15) is 4.79 Å². The molecule has 2 amide bonds. The third-order valence-corrected chi connectivity index (χ3v) is 3.23. The van der Waals surface area contributed by atoms with Crippen LogP contribution in [0, 0.1) is 0 Å². The van der Waals surface area contributed by atoms with Gasteiger partial charge in [0.1, 0.15) is 0 Å². The minimum Gasteiger partial charge on any atom is -0.385 e. The second kappa shape index (κ2) is 5.87. The Bertz CT molecular complexity index is 420. The fourth-order valence-corrected chi connectivity index (χ4v) is 2.37. The number of nitrogens with one attached hydrogen (secondary N) is 1. The fourth-order valence-electron chi connectivity index (χ4n) is 2.37. The van der Waals surface area contributed by atoms with Crippen LogP contribution in [0.2, 0.25) is 0 Å². The average Bonchev–Trinajstić information content (AvgIpc) is 2.70. The van der Waals surface area contributed by atoms with Crippen LogP contribution in [-0.4, -0.2) is 32.3 Å². The highest BCUT2D eigenvalue weighted by atomic mass is 16.5. The number of nitrogens with zero attached hydrogens (tertiary/aromatic N) is 1. The maximum absolute atomic E-state index is 12.2. The van der Waals surface area contributed by atoms with Crippen molar-refractivity contribution >= 4 is 11.7 Å². The zero-order valence-corrected chi connectivity index (χ0v) is 11.0. The van der Waals surface area contributed by atoms with Crippen molar-refractivity contribution < 1.29 is 9.53 Å². The van der Waals surface area contributed by atoms with Gasteiger partial charge in [-0.3, -0.25) is 4.90 Å². The van der Waals surface area contributed by atoms with Crippen LogP contribution in [0.3, 0.4) is 0 Å². The maximum atomic E-state index is 12.2. The quantitative estimate of drug-likeness (QED) is 0.830. The summed E-state index contributed by atoms with van der Waals surface area (Å²) in [5.41, 5.74) is 2.28. The summed E-state index contributed by atoms with van der Waals surface area (Å²) in [6.45, 7) is 3.40. The van der Waals surface area contributed by atoms with Crippen molar-refractivity contribution in [1.29, 1.82) is 0 Å². The number of fused-ring (bicyclic) bond motifs is 1. The van der Waals surface area contributed by atoms with Crippen LogP contribution in [0.1, 0.15) is 18.9 Å². The predicted molar refractivity (Wildman–Crippen MR) is 72.0 cm³/mol. The fraction of sp³-hybridized carbons (Fsp3) is 0.500. The van der Waals surface area contributed by atoms with Crippen LogP contribution in [0.4, 0.5) is 10.5 Å². The molecule has 0 spiro atoms. The number of amides is 2. The minimum atomic E-state index is -0.0106. The largest absolute Gasteiger partial charge is 0.385 e. The van der Waals surface area contributed by atoms with Crippen LogP contribution in [0.5, 0.6) is 0 Å². The summed E-state index contributed by atoms with van der Waals surface area (Å²) in [4.78, 5) is 14.0. The van der Waals surface area contributed by atoms with Gasteiger partial charge in [-0.25, -0.2) is 4.79 Å². The Balaban J connectivity index is 1.98. The Morgan fingerprint density at radius 1 is 1.50 bits per heavy atom. The van der Waals surface area contributed by atoms with E-state index in [0.717, 1.165) is 18.5 Å². The lowest BCUT2D eigenvalue weighted by Gasteiger charge is -2.23. The molecular formula is C14H20N2O2. The second-order valence-corrected chi connectivity index (χ2v) is 4.63. The molecule has 1 N–H and O–H groups in total. The Hall–Kier alpha value is -1.55. The third-order valence-electron chi connectivity index (χ3n) is 3.23. The van der Waals surface area contributed by atoms with E-state index in [1.165, 1.54) is 5.56 Å². The lowest BCUT2D eigenvalue weighted by atomic mass is 10.1. The number of methoxy groups -OCH3 is 1. The van der Waals surface area contributed by atoms with Crippen LogP contribution >= 0.6 is 0 Å². The van der Waals surface area contributed by atoms with E-state index in [1.54, 1.807) is 7.11 Å². The molecule has 2 rings (SSSR count). The summed E-state index contributed by atoms with van der Waals surface area (Å²) < 4.78 is 4.96. The summed E-state index contributed by atoms with van der Waals surface area (Å²) in [6, 6.07) is 8.30. The molecule has 0 radical (unpaired) electrons. The molecule has 1 aromatic rings. The topological polar surface area (TPSA) is 41.6 Å². The zero-order valence-electron chi connectivity index (χ0n) is 11.0. The van der Waals surface area contributed by atoms with Gasteiger partial charge in [0.15, 0.2) is 0 Å². The molecule has 98 valence electrons. The number of carbonyl (C=O) groups is 1. The number of ether oxygens (including phenoxy) is 1. The standard InChI is InChI=1S/C14H20N2O2/c1-11-10-12-6-3-4-7-13(12)16(11)14(17)15-8-5-9-18-2/h3-4,6-7,11H,5,8-10H2,1-2H3,(H,15,17). The molecular weight excluding hydrogens is 228 g/mol. The van der Waals surface area contributed by atoms with Crippen molar-refractivity contribution in [3.05, 3.63) is 29.8 Å². The number of para-hydroxylation sites is 1. The number of rotatable bonds is 4. The van der Waals surface area contributed by atoms with Crippen molar-refractivity contribution in [3.8, 4) is 0 Å². The smallest absolute Gasteiger partial charge is 0.322 e. The molecule has 0 aliphatic carbocycles. The van der Waals surface area contributed by atoms with Crippen molar-refractivity contribution in [1.82, 2.24) is 5.32 Å². The number of benzene rings is 1. The van der Waals surface area contributed by atoms with E-state index >= 15 is 0 Å². The zero-order chi connectivity index (χ0) is 13.0. The SMILES string of the molecule is COCCCNC(=O)N1c2ccccc2CC1C. The predicted octanol–water partition coefficient (Wildman–Crippen LogP) is 2.18. The van der Waals surface area contributed by atoms with Crippen molar-refractivity contribution in [2.24, 2.45) is 0 Å². The molecule has 1 unspecified atom stereocenters. The van der Waals surface area contributed by atoms with Crippen molar-refractivity contribution in [2.45, 2.75) is 25.8 Å². The van der Waals surface area contributed by atoms with E-state index in [1.807, 2.05) is 23.1 Å². The first-order valence-corrected chi connectivity index (χ1v) is 6.38. The summed E-state index contributed by atoms with van der Waals surface area (Å²) >= 11 is 0. The summed E-state index contributed by atoms with van der Waals surface area (Å²) in [6.07, 6.45) is 1.77. The lowest BCUT2D eigenvalue weighted by Crippen LogP contribution is -2.43. The van der Waals surface area contributed by atoms with Gasteiger partial charge < -0.3 is 10.1 Å². The molecule has 0 fully saturated rings. The summed E-state index contributed by atoms with van der Waals surface area (Å²) in [7, 11) is 1.67. The lowest BCUT2D eigenvalue weighted by molar-refractivity contribution is 0.194. The second-order valence-electron chi connectivity index (χ2n) is 4.63.